The van der Waals surface area contributed by atoms with Crippen LogP contribution in [-0.4, -0.2) is 29.1 Å². The van der Waals surface area contributed by atoms with Crippen molar-refractivity contribution in [2.24, 2.45) is 34.5 Å². The third-order valence-corrected chi connectivity index (χ3v) is 8.72. The summed E-state index contributed by atoms with van der Waals surface area (Å²) in [6.07, 6.45) is 7.71. The normalized spacial score (nSPS) is 54.1. The third-order valence-electron chi connectivity index (χ3n) is 8.72. The quantitative estimate of drug-likeness (QED) is 0.686. The summed E-state index contributed by atoms with van der Waals surface area (Å²) >= 11 is 0. The third kappa shape index (κ3) is 1.98. The van der Waals surface area contributed by atoms with Crippen molar-refractivity contribution in [3.05, 3.63) is 11.6 Å². The molecule has 0 spiro atoms. The number of ketones is 1. The van der Waals surface area contributed by atoms with Gasteiger partial charge in [-0.3, -0.25) is 4.79 Å². The van der Waals surface area contributed by atoms with Crippen molar-refractivity contribution in [3.63, 3.8) is 0 Å². The number of carbonyl (C=O) groups is 2. The van der Waals surface area contributed by atoms with Gasteiger partial charge in [-0.25, -0.2) is 4.79 Å². The highest BCUT2D eigenvalue weighted by Gasteiger charge is 2.64. The number of hydrogen-bond acceptors (Lipinski definition) is 4. The Hall–Kier alpha value is -1.16. The largest absolute Gasteiger partial charge is 0.455 e. The molecular formula is C21H28O4. The molecule has 1 aliphatic heterocycles. The zero-order chi connectivity index (χ0) is 17.6. The van der Waals surface area contributed by atoms with Crippen LogP contribution in [0.3, 0.4) is 0 Å². The van der Waals surface area contributed by atoms with E-state index in [0.717, 1.165) is 44.1 Å². The zero-order valence-corrected chi connectivity index (χ0v) is 15.2. The van der Waals surface area contributed by atoms with Gasteiger partial charge in [-0.15, -0.1) is 0 Å². The summed E-state index contributed by atoms with van der Waals surface area (Å²) in [5.41, 5.74) is 0.941. The standard InChI is InChI=1S/C21H28O4/c1-20-6-5-12(22)7-11(20)3-4-13-14-8-17-15(9-18(24)25-17)21(14,2)10-16(23)19(13)20/h9,11-14,17,19,22H,3-8,10H2,1-2H3/t11-,12-,13-,14-,17-,19+,20-,21-/m0/s1. The summed E-state index contributed by atoms with van der Waals surface area (Å²) in [6.45, 7) is 4.51. The minimum Gasteiger partial charge on any atom is -0.455 e. The Morgan fingerprint density at radius 1 is 1.16 bits per heavy atom. The van der Waals surface area contributed by atoms with E-state index in [1.165, 1.54) is 0 Å². The zero-order valence-electron chi connectivity index (χ0n) is 15.2. The molecule has 1 N–H and O–H groups in total. The van der Waals surface area contributed by atoms with Gasteiger partial charge in [-0.05, 0) is 67.3 Å². The second-order valence-corrected chi connectivity index (χ2v) is 9.78. The molecule has 4 aliphatic carbocycles. The summed E-state index contributed by atoms with van der Waals surface area (Å²) in [5.74, 6) is 1.63. The fourth-order valence-corrected chi connectivity index (χ4v) is 7.57. The van der Waals surface area contributed by atoms with E-state index in [-0.39, 0.29) is 34.9 Å². The van der Waals surface area contributed by atoms with Crippen molar-refractivity contribution in [2.45, 2.75) is 71.0 Å². The summed E-state index contributed by atoms with van der Waals surface area (Å²) in [5, 5.41) is 10.1. The number of ether oxygens (including phenoxy) is 1. The van der Waals surface area contributed by atoms with Gasteiger partial charge < -0.3 is 9.84 Å². The van der Waals surface area contributed by atoms with E-state index in [4.69, 9.17) is 4.74 Å². The van der Waals surface area contributed by atoms with Crippen LogP contribution >= 0.6 is 0 Å². The van der Waals surface area contributed by atoms with Crippen LogP contribution < -0.4 is 0 Å². The number of fused-ring (bicyclic) bond motifs is 7. The van der Waals surface area contributed by atoms with Crippen LogP contribution in [0, 0.1) is 34.5 Å². The molecule has 4 nitrogen and oxygen atoms in total. The summed E-state index contributed by atoms with van der Waals surface area (Å²) < 4.78 is 5.53. The maximum absolute atomic E-state index is 13.4. The number of hydrogen-bond donors (Lipinski definition) is 1. The van der Waals surface area contributed by atoms with Gasteiger partial charge in [-0.1, -0.05) is 13.8 Å². The van der Waals surface area contributed by atoms with Crippen molar-refractivity contribution in [1.29, 1.82) is 0 Å². The fourth-order valence-electron chi connectivity index (χ4n) is 7.57. The molecule has 8 atom stereocenters. The smallest absolute Gasteiger partial charge is 0.331 e. The molecule has 0 aromatic heterocycles. The first-order valence-electron chi connectivity index (χ1n) is 9.96. The van der Waals surface area contributed by atoms with E-state index in [9.17, 15) is 14.7 Å². The first-order chi connectivity index (χ1) is 11.8. The van der Waals surface area contributed by atoms with Crippen LogP contribution in [0.4, 0.5) is 0 Å². The summed E-state index contributed by atoms with van der Waals surface area (Å²) in [4.78, 5) is 25.1. The van der Waals surface area contributed by atoms with Crippen LogP contribution in [0.5, 0.6) is 0 Å². The summed E-state index contributed by atoms with van der Waals surface area (Å²) in [6, 6.07) is 0. The lowest BCUT2D eigenvalue weighted by atomic mass is 9.44. The van der Waals surface area contributed by atoms with Crippen molar-refractivity contribution in [3.8, 4) is 0 Å². The van der Waals surface area contributed by atoms with Crippen molar-refractivity contribution < 1.29 is 19.4 Å². The lowest BCUT2D eigenvalue weighted by molar-refractivity contribution is -0.158. The Bertz CT molecular complexity index is 681. The van der Waals surface area contributed by atoms with Crippen molar-refractivity contribution in [2.75, 3.05) is 0 Å². The van der Waals surface area contributed by atoms with E-state index >= 15 is 0 Å². The first kappa shape index (κ1) is 16.0. The SMILES string of the molecule is C[C@]12CC[C@H](O)C[C@@H]1CC[C@@H]1[C@@H]2C(=O)C[C@]2(C)C3=CC(=O)O[C@H]3C[C@@H]12. The van der Waals surface area contributed by atoms with Crippen LogP contribution in [0.15, 0.2) is 11.6 Å². The minimum absolute atomic E-state index is 0.0450. The Morgan fingerprint density at radius 3 is 2.76 bits per heavy atom. The average Bonchev–Trinajstić information content (AvgIpc) is 3.03. The van der Waals surface area contributed by atoms with E-state index in [2.05, 4.69) is 13.8 Å². The molecule has 1 heterocycles. The Balaban J connectivity index is 1.53. The molecule has 5 rings (SSSR count). The van der Waals surface area contributed by atoms with Gasteiger partial charge in [-0.2, -0.15) is 0 Å². The molecule has 0 unspecified atom stereocenters. The van der Waals surface area contributed by atoms with Gasteiger partial charge >= 0.3 is 5.97 Å². The van der Waals surface area contributed by atoms with Gasteiger partial charge in [0.2, 0.25) is 0 Å². The number of esters is 1. The van der Waals surface area contributed by atoms with Gasteiger partial charge in [0.05, 0.1) is 6.10 Å². The highest BCUT2D eigenvalue weighted by Crippen LogP contribution is 2.67. The molecule has 136 valence electrons. The van der Waals surface area contributed by atoms with Gasteiger partial charge in [0.1, 0.15) is 11.9 Å². The van der Waals surface area contributed by atoms with E-state index in [1.807, 2.05) is 0 Å². The number of Topliss-reactive ketones (excluding diaryl/α,β-unsaturated/α-hetero) is 1. The molecule has 4 saturated carbocycles. The number of aliphatic hydroxyl groups excluding tert-OH is 1. The number of rotatable bonds is 0. The predicted molar refractivity (Wildman–Crippen MR) is 91.5 cm³/mol. The highest BCUT2D eigenvalue weighted by atomic mass is 16.5. The van der Waals surface area contributed by atoms with E-state index in [0.29, 0.717) is 30.0 Å². The van der Waals surface area contributed by atoms with Gasteiger partial charge in [0.25, 0.3) is 0 Å². The lowest BCUT2D eigenvalue weighted by Crippen LogP contribution is -2.57. The van der Waals surface area contributed by atoms with E-state index in [1.54, 1.807) is 6.08 Å². The predicted octanol–water partition coefficient (Wildman–Crippen LogP) is 3.03. The average molecular weight is 344 g/mol. The molecule has 0 aromatic carbocycles. The van der Waals surface area contributed by atoms with Crippen LogP contribution in [0.1, 0.15) is 58.8 Å². The monoisotopic (exact) mass is 344 g/mol. The molecular weight excluding hydrogens is 316 g/mol. The second kappa shape index (κ2) is 4.97. The fraction of sp³-hybridized carbons (Fsp3) is 0.810. The topological polar surface area (TPSA) is 63.6 Å². The molecule has 0 saturated heterocycles. The minimum atomic E-state index is -0.230. The highest BCUT2D eigenvalue weighted by molar-refractivity contribution is 5.89. The second-order valence-electron chi connectivity index (χ2n) is 9.78. The Labute approximate surface area is 149 Å². The van der Waals surface area contributed by atoms with Gasteiger partial charge in [0, 0.05) is 23.8 Å². The van der Waals surface area contributed by atoms with Crippen LogP contribution in [-0.2, 0) is 14.3 Å². The maximum Gasteiger partial charge on any atom is 0.331 e. The van der Waals surface area contributed by atoms with E-state index < -0.39 is 0 Å². The Morgan fingerprint density at radius 2 is 1.96 bits per heavy atom. The van der Waals surface area contributed by atoms with Crippen LogP contribution in [0.2, 0.25) is 0 Å². The van der Waals surface area contributed by atoms with Crippen molar-refractivity contribution >= 4 is 11.8 Å². The van der Waals surface area contributed by atoms with Crippen molar-refractivity contribution in [1.82, 2.24) is 0 Å². The molecule has 4 heteroatoms. The molecule has 0 bridgehead atoms. The first-order valence-corrected chi connectivity index (χ1v) is 9.96. The number of aliphatic hydroxyl groups is 1. The maximum atomic E-state index is 13.4. The lowest BCUT2D eigenvalue weighted by Gasteiger charge is -2.59. The molecule has 25 heavy (non-hydrogen) atoms. The molecule has 4 fully saturated rings. The summed E-state index contributed by atoms with van der Waals surface area (Å²) in [7, 11) is 0. The number of carbonyl (C=O) groups excluding carboxylic acids is 2. The Kier molecular flexibility index (Phi) is 3.19. The molecule has 0 radical (unpaired) electrons. The van der Waals surface area contributed by atoms with Gasteiger partial charge in [0.15, 0.2) is 0 Å². The molecule has 0 amide bonds. The molecule has 5 aliphatic rings. The van der Waals surface area contributed by atoms with Crippen LogP contribution in [0.25, 0.3) is 0 Å². The molecule has 0 aromatic rings.